The van der Waals surface area contributed by atoms with Crippen molar-refractivity contribution in [3.8, 4) is 0 Å². The van der Waals surface area contributed by atoms with Gasteiger partial charge >= 0.3 is 39.5 Å². The lowest BCUT2D eigenvalue weighted by atomic mass is 10.0. The number of carbonyl (C=O) groups excluding carboxylic acids is 4. The van der Waals surface area contributed by atoms with Crippen molar-refractivity contribution >= 4 is 39.5 Å². The Labute approximate surface area is 447 Å². The second kappa shape index (κ2) is 50.6. The zero-order valence-electron chi connectivity index (χ0n) is 46.8. The molecule has 0 aliphatic heterocycles. The molecule has 0 heterocycles. The van der Waals surface area contributed by atoms with E-state index in [2.05, 4.69) is 27.7 Å². The van der Waals surface area contributed by atoms with Crippen LogP contribution in [-0.4, -0.2) is 96.7 Å². The van der Waals surface area contributed by atoms with Gasteiger partial charge in [0.05, 0.1) is 26.4 Å². The number of carbonyl (C=O) groups is 4. The van der Waals surface area contributed by atoms with E-state index in [0.29, 0.717) is 25.7 Å². The smallest absolute Gasteiger partial charge is 0.462 e. The third kappa shape index (κ3) is 49.6. The normalized spacial score (nSPS) is 14.4. The molecular weight excluding hydrogens is 995 g/mol. The number of phosphoric ester groups is 2. The van der Waals surface area contributed by atoms with Crippen LogP contribution in [0.1, 0.15) is 272 Å². The molecule has 0 saturated heterocycles. The first kappa shape index (κ1) is 72.1. The first-order valence-corrected chi connectivity index (χ1v) is 32.3. The van der Waals surface area contributed by atoms with E-state index in [1.807, 2.05) is 0 Å². The number of esters is 4. The van der Waals surface area contributed by atoms with Gasteiger partial charge < -0.3 is 33.8 Å². The van der Waals surface area contributed by atoms with E-state index in [1.165, 1.54) is 77.0 Å². The summed E-state index contributed by atoms with van der Waals surface area (Å²) in [7, 11) is -9.85. The first-order chi connectivity index (χ1) is 35.7. The fraction of sp³-hybridized carbons (Fsp3) is 0.927. The topological polar surface area (TPSA) is 237 Å². The summed E-state index contributed by atoms with van der Waals surface area (Å²) in [4.78, 5) is 71.4. The average Bonchev–Trinajstić information content (AvgIpc) is 3.37. The standard InChI is InChI=1S/C55H106O17P2/c1-5-9-13-17-21-23-24-25-27-30-34-38-42-55(60)72-51(46-66-53(58)40-36-32-29-26-22-18-14-10-6-2)48-70-74(63,64)68-44-49(56)43-67-73(61,62)69-47-50(45-65-52(57)39-35-31-20-16-12-8-4)71-54(59)41-37-33-28-19-15-11-7-3/h49-51,56H,5-48H2,1-4H3,(H,61,62)(H,63,64)/t49-,50+,51+/m0/s1. The van der Waals surface area contributed by atoms with Crippen molar-refractivity contribution in [2.45, 2.75) is 290 Å². The molecule has 0 bridgehead atoms. The lowest BCUT2D eigenvalue weighted by Gasteiger charge is -2.21. The van der Waals surface area contributed by atoms with E-state index in [-0.39, 0.29) is 25.7 Å². The summed E-state index contributed by atoms with van der Waals surface area (Å²) in [6, 6.07) is 0. The van der Waals surface area contributed by atoms with E-state index in [4.69, 9.17) is 37.0 Å². The highest BCUT2D eigenvalue weighted by atomic mass is 31.2. The van der Waals surface area contributed by atoms with Crippen LogP contribution in [0.5, 0.6) is 0 Å². The number of unbranched alkanes of at least 4 members (excludes halogenated alkanes) is 30. The third-order valence-corrected chi connectivity index (χ3v) is 14.5. The van der Waals surface area contributed by atoms with Crippen LogP contribution < -0.4 is 0 Å². The monoisotopic (exact) mass is 1100 g/mol. The molecule has 19 heteroatoms. The molecule has 0 saturated carbocycles. The molecule has 0 radical (unpaired) electrons. The third-order valence-electron chi connectivity index (χ3n) is 12.6. The largest absolute Gasteiger partial charge is 0.472 e. The van der Waals surface area contributed by atoms with Gasteiger partial charge in [0.25, 0.3) is 0 Å². The Morgan fingerprint density at radius 1 is 0.324 bits per heavy atom. The molecule has 0 aliphatic carbocycles. The maximum atomic E-state index is 12.9. The highest BCUT2D eigenvalue weighted by Crippen LogP contribution is 2.45. The van der Waals surface area contributed by atoms with Gasteiger partial charge in [0.2, 0.25) is 0 Å². The van der Waals surface area contributed by atoms with Crippen molar-refractivity contribution in [1.29, 1.82) is 0 Å². The lowest BCUT2D eigenvalue weighted by Crippen LogP contribution is -2.30. The minimum atomic E-state index is -4.93. The number of aliphatic hydroxyl groups is 1. The Kier molecular flexibility index (Phi) is 49.2. The summed E-state index contributed by atoms with van der Waals surface area (Å²) < 4.78 is 67.3. The van der Waals surface area contributed by atoms with E-state index < -0.39 is 97.5 Å². The summed E-state index contributed by atoms with van der Waals surface area (Å²) in [5.74, 6) is -2.16. The van der Waals surface area contributed by atoms with Gasteiger partial charge in [-0.05, 0) is 25.7 Å². The zero-order chi connectivity index (χ0) is 54.8. The molecule has 0 aromatic rings. The molecule has 0 aromatic carbocycles. The fourth-order valence-corrected chi connectivity index (χ4v) is 9.62. The molecule has 3 N–H and O–H groups in total. The predicted octanol–water partition coefficient (Wildman–Crippen LogP) is 14.4. The minimum Gasteiger partial charge on any atom is -0.462 e. The molecule has 0 spiro atoms. The van der Waals surface area contributed by atoms with Gasteiger partial charge in [-0.25, -0.2) is 9.13 Å². The Morgan fingerprint density at radius 2 is 0.541 bits per heavy atom. The highest BCUT2D eigenvalue weighted by Gasteiger charge is 2.30. The van der Waals surface area contributed by atoms with Crippen molar-refractivity contribution in [1.82, 2.24) is 0 Å². The summed E-state index contributed by atoms with van der Waals surface area (Å²) in [6.45, 7) is 4.71. The van der Waals surface area contributed by atoms with Gasteiger partial charge in [-0.2, -0.15) is 0 Å². The van der Waals surface area contributed by atoms with Crippen molar-refractivity contribution in [2.24, 2.45) is 0 Å². The van der Waals surface area contributed by atoms with Gasteiger partial charge in [-0.15, -0.1) is 0 Å². The summed E-state index contributed by atoms with van der Waals surface area (Å²) in [5.41, 5.74) is 0. The van der Waals surface area contributed by atoms with Gasteiger partial charge in [-0.3, -0.25) is 37.3 Å². The molecule has 0 aliphatic rings. The number of hydrogen-bond acceptors (Lipinski definition) is 15. The zero-order valence-corrected chi connectivity index (χ0v) is 48.6. The van der Waals surface area contributed by atoms with Crippen molar-refractivity contribution in [2.75, 3.05) is 39.6 Å². The second-order valence-corrected chi connectivity index (χ2v) is 22.9. The number of ether oxygens (including phenoxy) is 4. The van der Waals surface area contributed by atoms with Crippen LogP contribution in [0.25, 0.3) is 0 Å². The van der Waals surface area contributed by atoms with Crippen LogP contribution in [-0.2, 0) is 65.4 Å². The molecule has 0 fully saturated rings. The summed E-state index contributed by atoms with van der Waals surface area (Å²) in [6.07, 6.45) is 32.4. The van der Waals surface area contributed by atoms with Crippen molar-refractivity contribution in [3.05, 3.63) is 0 Å². The predicted molar refractivity (Wildman–Crippen MR) is 289 cm³/mol. The molecular formula is C55H106O17P2. The number of hydrogen-bond donors (Lipinski definition) is 3. The first-order valence-electron chi connectivity index (χ1n) is 29.3. The van der Waals surface area contributed by atoms with Crippen molar-refractivity contribution in [3.63, 3.8) is 0 Å². The Morgan fingerprint density at radius 3 is 0.797 bits per heavy atom. The Balaban J connectivity index is 5.18. The second-order valence-electron chi connectivity index (χ2n) is 20.0. The minimum absolute atomic E-state index is 0.103. The van der Waals surface area contributed by atoms with Crippen LogP contribution in [0, 0.1) is 0 Å². The lowest BCUT2D eigenvalue weighted by molar-refractivity contribution is -0.161. The molecule has 0 amide bonds. The van der Waals surface area contributed by atoms with E-state index in [1.54, 1.807) is 0 Å². The Hall–Kier alpha value is -1.94. The van der Waals surface area contributed by atoms with Gasteiger partial charge in [0.1, 0.15) is 19.3 Å². The number of aliphatic hydroxyl groups excluding tert-OH is 1. The van der Waals surface area contributed by atoms with E-state index in [0.717, 1.165) is 116 Å². The summed E-state index contributed by atoms with van der Waals surface area (Å²) in [5, 5.41) is 10.4. The SMILES string of the molecule is CCCCCCCCCCCCCCC(=O)O[C@H](COC(=O)CCCCCCCCCCC)COP(=O)(O)OC[C@@H](O)COP(=O)(O)OC[C@@H](COC(=O)CCCCCCCC)OC(=O)CCCCCCCCC. The van der Waals surface area contributed by atoms with Crippen LogP contribution in [0.15, 0.2) is 0 Å². The van der Waals surface area contributed by atoms with Gasteiger partial charge in [-0.1, -0.05) is 220 Å². The van der Waals surface area contributed by atoms with E-state index >= 15 is 0 Å². The molecule has 0 rings (SSSR count). The van der Waals surface area contributed by atoms with Gasteiger partial charge in [0.15, 0.2) is 12.2 Å². The summed E-state index contributed by atoms with van der Waals surface area (Å²) >= 11 is 0. The van der Waals surface area contributed by atoms with Crippen LogP contribution in [0.2, 0.25) is 0 Å². The maximum Gasteiger partial charge on any atom is 0.472 e. The highest BCUT2D eigenvalue weighted by molar-refractivity contribution is 7.47. The average molecular weight is 1100 g/mol. The molecule has 5 atom stereocenters. The van der Waals surface area contributed by atoms with Crippen LogP contribution >= 0.6 is 15.6 Å². The van der Waals surface area contributed by atoms with E-state index in [9.17, 15) is 43.2 Å². The Bertz CT molecular complexity index is 1450. The van der Waals surface area contributed by atoms with Gasteiger partial charge in [0, 0.05) is 25.7 Å². The number of phosphoric acid groups is 2. The van der Waals surface area contributed by atoms with Crippen LogP contribution in [0.3, 0.4) is 0 Å². The molecule has 438 valence electrons. The van der Waals surface area contributed by atoms with Crippen molar-refractivity contribution < 1.29 is 80.2 Å². The number of rotatable bonds is 56. The maximum absolute atomic E-state index is 12.9. The quantitative estimate of drug-likeness (QED) is 0.0222. The molecule has 2 unspecified atom stereocenters. The van der Waals surface area contributed by atoms with Crippen LogP contribution in [0.4, 0.5) is 0 Å². The molecule has 17 nitrogen and oxygen atoms in total. The molecule has 74 heavy (non-hydrogen) atoms. The fourth-order valence-electron chi connectivity index (χ4n) is 8.04. The molecule has 0 aromatic heterocycles.